The highest BCUT2D eigenvalue weighted by Gasteiger charge is 2.16. The van der Waals surface area contributed by atoms with Crippen LogP contribution in [0.25, 0.3) is 5.69 Å². The zero-order chi connectivity index (χ0) is 19.4. The monoisotopic (exact) mass is 364 g/mol. The van der Waals surface area contributed by atoms with Crippen molar-refractivity contribution in [3.8, 4) is 5.69 Å². The number of carbonyl (C=O) groups excluding carboxylic acids is 1. The molecule has 7 heteroatoms. The number of non-ortho nitro benzene ring substituents is 1. The molecule has 27 heavy (non-hydrogen) atoms. The number of hydrogen-bond acceptors (Lipinski definition) is 4. The number of nitro groups is 1. The fraction of sp³-hybridized carbons (Fsp3) is 0.200. The van der Waals surface area contributed by atoms with Gasteiger partial charge < -0.3 is 5.32 Å². The van der Waals surface area contributed by atoms with E-state index < -0.39 is 4.92 Å². The Kier molecular flexibility index (Phi) is 5.30. The lowest BCUT2D eigenvalue weighted by atomic mass is 10.1. The number of hydrogen-bond donors (Lipinski definition) is 1. The average Bonchev–Trinajstić information content (AvgIpc) is 2.95. The van der Waals surface area contributed by atoms with Crippen LogP contribution >= 0.6 is 0 Å². The molecule has 0 unspecified atom stereocenters. The van der Waals surface area contributed by atoms with Crippen LogP contribution in [0.1, 0.15) is 22.5 Å². The molecule has 0 aliphatic carbocycles. The maximum absolute atomic E-state index is 12.4. The van der Waals surface area contributed by atoms with Gasteiger partial charge in [-0.1, -0.05) is 30.3 Å². The van der Waals surface area contributed by atoms with E-state index in [-0.39, 0.29) is 18.0 Å². The number of benzene rings is 2. The van der Waals surface area contributed by atoms with Gasteiger partial charge in [-0.2, -0.15) is 5.10 Å². The van der Waals surface area contributed by atoms with Gasteiger partial charge in [0, 0.05) is 29.9 Å². The van der Waals surface area contributed by atoms with E-state index in [1.54, 1.807) is 12.1 Å². The molecule has 0 aliphatic rings. The molecule has 0 saturated carbocycles. The van der Waals surface area contributed by atoms with E-state index in [1.807, 2.05) is 48.9 Å². The summed E-state index contributed by atoms with van der Waals surface area (Å²) in [5, 5.41) is 18.1. The van der Waals surface area contributed by atoms with Gasteiger partial charge in [-0.05, 0) is 31.5 Å². The SMILES string of the molecule is Cc1nn(-c2ccccc2)c(C)c1CC(=O)NCc1ccc([N+](=O)[O-])cc1. The summed E-state index contributed by atoms with van der Waals surface area (Å²) in [7, 11) is 0. The van der Waals surface area contributed by atoms with Crippen LogP contribution in [-0.4, -0.2) is 20.6 Å². The van der Waals surface area contributed by atoms with E-state index in [2.05, 4.69) is 10.4 Å². The molecule has 0 bridgehead atoms. The van der Waals surface area contributed by atoms with Crippen LogP contribution in [0.4, 0.5) is 5.69 Å². The first-order chi connectivity index (χ1) is 13.0. The third-order valence-corrected chi connectivity index (χ3v) is 4.42. The molecule has 1 N–H and O–H groups in total. The van der Waals surface area contributed by atoms with Gasteiger partial charge in [0.05, 0.1) is 22.7 Å². The Bertz CT molecular complexity index is 963. The fourth-order valence-electron chi connectivity index (χ4n) is 2.91. The average molecular weight is 364 g/mol. The molecular weight excluding hydrogens is 344 g/mol. The normalized spacial score (nSPS) is 10.6. The lowest BCUT2D eigenvalue weighted by Crippen LogP contribution is -2.25. The molecule has 0 aliphatic heterocycles. The molecule has 138 valence electrons. The Morgan fingerprint density at radius 3 is 2.41 bits per heavy atom. The predicted molar refractivity (Wildman–Crippen MR) is 102 cm³/mol. The van der Waals surface area contributed by atoms with Gasteiger partial charge in [-0.25, -0.2) is 4.68 Å². The number of aromatic nitrogens is 2. The topological polar surface area (TPSA) is 90.1 Å². The lowest BCUT2D eigenvalue weighted by Gasteiger charge is -2.07. The number of nitrogens with one attached hydrogen (secondary N) is 1. The van der Waals surface area contributed by atoms with Crippen LogP contribution in [0, 0.1) is 24.0 Å². The first-order valence-electron chi connectivity index (χ1n) is 8.56. The Labute approximate surface area is 156 Å². The summed E-state index contributed by atoms with van der Waals surface area (Å²) in [5.74, 6) is -0.118. The van der Waals surface area contributed by atoms with Crippen LogP contribution in [-0.2, 0) is 17.8 Å². The summed E-state index contributed by atoms with van der Waals surface area (Å²) < 4.78 is 1.84. The summed E-state index contributed by atoms with van der Waals surface area (Å²) in [6.07, 6.45) is 0.234. The molecule has 0 spiro atoms. The number of carbonyl (C=O) groups is 1. The van der Waals surface area contributed by atoms with Gasteiger partial charge in [-0.15, -0.1) is 0 Å². The minimum absolute atomic E-state index is 0.0321. The Hall–Kier alpha value is -3.48. The molecule has 3 aromatic rings. The molecule has 2 aromatic carbocycles. The number of rotatable bonds is 6. The molecule has 0 radical (unpaired) electrons. The van der Waals surface area contributed by atoms with Crippen molar-refractivity contribution in [3.05, 3.63) is 87.2 Å². The van der Waals surface area contributed by atoms with Gasteiger partial charge in [0.25, 0.3) is 5.69 Å². The fourth-order valence-corrected chi connectivity index (χ4v) is 2.91. The Balaban J connectivity index is 1.66. The smallest absolute Gasteiger partial charge is 0.269 e. The molecule has 3 rings (SSSR count). The summed E-state index contributed by atoms with van der Waals surface area (Å²) >= 11 is 0. The van der Waals surface area contributed by atoms with Crippen LogP contribution in [0.2, 0.25) is 0 Å². The second-order valence-electron chi connectivity index (χ2n) is 6.27. The maximum Gasteiger partial charge on any atom is 0.269 e. The minimum Gasteiger partial charge on any atom is -0.352 e. The van der Waals surface area contributed by atoms with Crippen molar-refractivity contribution in [2.75, 3.05) is 0 Å². The van der Waals surface area contributed by atoms with Crippen LogP contribution in [0.3, 0.4) is 0 Å². The van der Waals surface area contributed by atoms with Crippen molar-refractivity contribution in [2.45, 2.75) is 26.8 Å². The summed E-state index contributed by atoms with van der Waals surface area (Å²) in [4.78, 5) is 22.6. The van der Waals surface area contributed by atoms with Crippen LogP contribution < -0.4 is 5.32 Å². The first-order valence-corrected chi connectivity index (χ1v) is 8.56. The van der Waals surface area contributed by atoms with E-state index in [1.165, 1.54) is 12.1 Å². The second kappa shape index (κ2) is 7.82. The molecule has 0 saturated heterocycles. The van der Waals surface area contributed by atoms with Crippen LogP contribution in [0.15, 0.2) is 54.6 Å². The van der Waals surface area contributed by atoms with E-state index in [0.29, 0.717) is 6.54 Å². The number of para-hydroxylation sites is 1. The van der Waals surface area contributed by atoms with Gasteiger partial charge in [0.2, 0.25) is 5.91 Å². The molecule has 1 amide bonds. The molecule has 0 fully saturated rings. The Morgan fingerprint density at radius 2 is 1.78 bits per heavy atom. The standard InChI is InChI=1S/C20H20N4O3/c1-14-19(15(2)23(22-14)17-6-4-3-5-7-17)12-20(25)21-13-16-8-10-18(11-9-16)24(26)27/h3-11H,12-13H2,1-2H3,(H,21,25). The number of nitrogens with zero attached hydrogens (tertiary/aromatic N) is 3. The lowest BCUT2D eigenvalue weighted by molar-refractivity contribution is -0.384. The van der Waals surface area contributed by atoms with Gasteiger partial charge in [0.1, 0.15) is 0 Å². The van der Waals surface area contributed by atoms with E-state index in [0.717, 1.165) is 28.2 Å². The number of amides is 1. The van der Waals surface area contributed by atoms with E-state index in [4.69, 9.17) is 0 Å². The quantitative estimate of drug-likeness (QED) is 0.537. The largest absolute Gasteiger partial charge is 0.352 e. The zero-order valence-electron chi connectivity index (χ0n) is 15.2. The first kappa shape index (κ1) is 18.3. The maximum atomic E-state index is 12.4. The molecule has 1 heterocycles. The number of nitro benzene ring substituents is 1. The molecule has 0 atom stereocenters. The van der Waals surface area contributed by atoms with Crippen molar-refractivity contribution in [1.82, 2.24) is 15.1 Å². The summed E-state index contributed by atoms with van der Waals surface area (Å²) in [5.41, 5.74) is 4.45. The van der Waals surface area contributed by atoms with Crippen LogP contribution in [0.5, 0.6) is 0 Å². The molecular formula is C20H20N4O3. The van der Waals surface area contributed by atoms with Crippen molar-refractivity contribution in [3.63, 3.8) is 0 Å². The predicted octanol–water partition coefficient (Wildman–Crippen LogP) is 3.26. The summed E-state index contributed by atoms with van der Waals surface area (Å²) in [6.45, 7) is 4.17. The highest BCUT2D eigenvalue weighted by molar-refractivity contribution is 5.79. The third kappa shape index (κ3) is 4.20. The molecule has 7 nitrogen and oxygen atoms in total. The van der Waals surface area contributed by atoms with Crippen molar-refractivity contribution in [2.24, 2.45) is 0 Å². The molecule has 1 aromatic heterocycles. The second-order valence-corrected chi connectivity index (χ2v) is 6.27. The van der Waals surface area contributed by atoms with E-state index in [9.17, 15) is 14.9 Å². The van der Waals surface area contributed by atoms with Crippen molar-refractivity contribution >= 4 is 11.6 Å². The van der Waals surface area contributed by atoms with E-state index >= 15 is 0 Å². The van der Waals surface area contributed by atoms with Crippen molar-refractivity contribution in [1.29, 1.82) is 0 Å². The zero-order valence-corrected chi connectivity index (χ0v) is 15.2. The highest BCUT2D eigenvalue weighted by Crippen LogP contribution is 2.18. The third-order valence-electron chi connectivity index (χ3n) is 4.42. The number of aryl methyl sites for hydroxylation is 1. The van der Waals surface area contributed by atoms with Crippen molar-refractivity contribution < 1.29 is 9.72 Å². The minimum atomic E-state index is -0.446. The van der Waals surface area contributed by atoms with Gasteiger partial charge >= 0.3 is 0 Å². The summed E-state index contributed by atoms with van der Waals surface area (Å²) in [6, 6.07) is 15.9. The van der Waals surface area contributed by atoms with Gasteiger partial charge in [0.15, 0.2) is 0 Å². The van der Waals surface area contributed by atoms with Gasteiger partial charge in [-0.3, -0.25) is 14.9 Å². The Morgan fingerprint density at radius 1 is 1.11 bits per heavy atom. The highest BCUT2D eigenvalue weighted by atomic mass is 16.6.